The van der Waals surface area contributed by atoms with Crippen LogP contribution >= 0.6 is 0 Å². The molecule has 0 saturated carbocycles. The quantitative estimate of drug-likeness (QED) is 0.247. The number of hydrogen-bond donors (Lipinski definition) is 2. The minimum absolute atomic E-state index is 0.183. The van der Waals surface area contributed by atoms with Gasteiger partial charge in [0.1, 0.15) is 11.6 Å². The number of carbonyl (C=O) groups is 1. The summed E-state index contributed by atoms with van der Waals surface area (Å²) < 4.78 is 130. The molecule has 1 fully saturated rings. The van der Waals surface area contributed by atoms with Gasteiger partial charge in [-0.3, -0.25) is 14.0 Å². The van der Waals surface area contributed by atoms with Gasteiger partial charge in [0.05, 0.1) is 36.4 Å². The maximum Gasteiger partial charge on any atom is 0.430 e. The zero-order chi connectivity index (χ0) is 36.5. The van der Waals surface area contributed by atoms with Crippen molar-refractivity contribution >= 4 is 21.5 Å². The molecule has 0 bridgehead atoms. The number of aliphatic hydroxyl groups is 2. The van der Waals surface area contributed by atoms with Crippen molar-refractivity contribution in [1.82, 2.24) is 4.90 Å². The van der Waals surface area contributed by atoms with E-state index in [1.165, 1.54) is 0 Å². The lowest BCUT2D eigenvalue weighted by atomic mass is 9.86. The van der Waals surface area contributed by atoms with Gasteiger partial charge in [-0.05, 0) is 59.9 Å². The molecular weight excluding hydrogens is 697 g/mol. The molecular formula is C34H35F7N2O6S. The van der Waals surface area contributed by atoms with Gasteiger partial charge in [0.2, 0.25) is 0 Å². The van der Waals surface area contributed by atoms with Crippen molar-refractivity contribution in [2.75, 3.05) is 37.2 Å². The molecule has 50 heavy (non-hydrogen) atoms. The molecule has 0 radical (unpaired) electrons. The average Bonchev–Trinajstić information content (AvgIpc) is 3.06. The number of nitrogens with zero attached hydrogens (tertiary/aromatic N) is 2. The van der Waals surface area contributed by atoms with Crippen LogP contribution < -0.4 is 4.31 Å². The van der Waals surface area contributed by atoms with Crippen LogP contribution in [-0.4, -0.2) is 80.6 Å². The number of alkyl halides is 6. The van der Waals surface area contributed by atoms with Gasteiger partial charge in [0.25, 0.3) is 15.6 Å². The van der Waals surface area contributed by atoms with Crippen molar-refractivity contribution in [3.05, 3.63) is 94.8 Å². The van der Waals surface area contributed by atoms with E-state index in [1.807, 2.05) is 12.1 Å². The predicted molar refractivity (Wildman–Crippen MR) is 167 cm³/mol. The summed E-state index contributed by atoms with van der Waals surface area (Å²) in [5.74, 6) is -1.85. The second-order valence-electron chi connectivity index (χ2n) is 12.5. The van der Waals surface area contributed by atoms with Crippen LogP contribution in [0.3, 0.4) is 0 Å². The largest absolute Gasteiger partial charge is 0.430 e. The Bertz CT molecular complexity index is 1760. The predicted octanol–water partition coefficient (Wildman–Crippen LogP) is 5.61. The maximum absolute atomic E-state index is 14.0. The Hall–Kier alpha value is -3.57. The van der Waals surface area contributed by atoms with E-state index in [1.54, 1.807) is 12.1 Å². The van der Waals surface area contributed by atoms with E-state index in [2.05, 4.69) is 4.90 Å². The van der Waals surface area contributed by atoms with Crippen LogP contribution in [-0.2, 0) is 38.1 Å². The first-order valence-corrected chi connectivity index (χ1v) is 17.2. The number of sulfonamides is 1. The molecule has 0 aliphatic carbocycles. The van der Waals surface area contributed by atoms with E-state index < -0.39 is 75.0 Å². The number of ketones is 1. The lowest BCUT2D eigenvalue weighted by Gasteiger charge is -2.39. The van der Waals surface area contributed by atoms with Gasteiger partial charge in [0, 0.05) is 44.0 Å². The van der Waals surface area contributed by atoms with Crippen molar-refractivity contribution in [2.45, 2.75) is 67.0 Å². The molecule has 2 heterocycles. The topological polar surface area (TPSA) is 107 Å². The van der Waals surface area contributed by atoms with E-state index in [9.17, 15) is 54.2 Å². The van der Waals surface area contributed by atoms with E-state index >= 15 is 0 Å². The van der Waals surface area contributed by atoms with E-state index in [0.717, 1.165) is 53.3 Å². The van der Waals surface area contributed by atoms with Crippen LogP contribution in [0.5, 0.6) is 0 Å². The third-order valence-corrected chi connectivity index (χ3v) is 11.0. The number of rotatable bonds is 11. The summed E-state index contributed by atoms with van der Waals surface area (Å²) in [5.41, 5.74) is -5.67. The highest BCUT2D eigenvalue weighted by atomic mass is 32.2. The minimum atomic E-state index is -6.16. The highest BCUT2D eigenvalue weighted by Crippen LogP contribution is 2.51. The maximum atomic E-state index is 14.0. The first kappa shape index (κ1) is 37.7. The molecule has 272 valence electrons. The van der Waals surface area contributed by atoms with Crippen molar-refractivity contribution in [1.29, 1.82) is 0 Å². The molecule has 8 nitrogen and oxygen atoms in total. The SMILES string of the molecule is O=C(C[C@@H](CO)c1cccc(CN2CCOCC2)c1)C[C@@H]1CCc2cc(C(O)(C(F)(F)F)C(F)(F)F)ccc2N1S(=O)(=O)c1ccc(F)cc1. The Morgan fingerprint density at radius 2 is 1.60 bits per heavy atom. The number of carbonyl (C=O) groups excluding carboxylic acids is 1. The summed E-state index contributed by atoms with van der Waals surface area (Å²) in [5, 5.41) is 20.2. The fourth-order valence-corrected chi connectivity index (χ4v) is 8.17. The van der Waals surface area contributed by atoms with E-state index in [4.69, 9.17) is 4.74 Å². The monoisotopic (exact) mass is 732 g/mol. The third-order valence-electron chi connectivity index (χ3n) is 9.09. The van der Waals surface area contributed by atoms with Gasteiger partial charge in [-0.25, -0.2) is 12.8 Å². The lowest BCUT2D eigenvalue weighted by molar-refractivity contribution is -0.376. The van der Waals surface area contributed by atoms with Crippen LogP contribution in [0.15, 0.2) is 71.6 Å². The zero-order valence-electron chi connectivity index (χ0n) is 26.6. The fraction of sp³-hybridized carbons (Fsp3) is 0.441. The highest BCUT2D eigenvalue weighted by Gasteiger charge is 2.71. The van der Waals surface area contributed by atoms with Crippen LogP contribution in [0.1, 0.15) is 47.4 Å². The van der Waals surface area contributed by atoms with Crippen molar-refractivity contribution < 1.29 is 58.9 Å². The van der Waals surface area contributed by atoms with Crippen LogP contribution in [0, 0.1) is 5.82 Å². The Morgan fingerprint density at radius 1 is 0.940 bits per heavy atom. The third kappa shape index (κ3) is 7.68. The summed E-state index contributed by atoms with van der Waals surface area (Å²) in [6.45, 7) is 2.95. The Labute approximate surface area is 284 Å². The second-order valence-corrected chi connectivity index (χ2v) is 14.3. The van der Waals surface area contributed by atoms with E-state index in [0.29, 0.717) is 37.5 Å². The van der Waals surface area contributed by atoms with Gasteiger partial charge < -0.3 is 14.9 Å². The molecule has 0 aromatic heterocycles. The summed E-state index contributed by atoms with van der Waals surface area (Å²) in [4.78, 5) is 15.3. The number of benzene rings is 3. The molecule has 0 spiro atoms. The Balaban J connectivity index is 1.45. The molecule has 0 amide bonds. The summed E-state index contributed by atoms with van der Waals surface area (Å²) >= 11 is 0. The number of aliphatic hydroxyl groups excluding tert-OH is 1. The number of halogens is 7. The molecule has 2 N–H and O–H groups in total. The number of ether oxygens (including phenoxy) is 1. The number of Topliss-reactive ketones (excluding diaryl/α,β-unsaturated/α-hetero) is 1. The Kier molecular flexibility index (Phi) is 11.0. The Morgan fingerprint density at radius 3 is 2.22 bits per heavy atom. The second kappa shape index (κ2) is 14.6. The number of morpholine rings is 1. The fourth-order valence-electron chi connectivity index (χ4n) is 6.45. The lowest BCUT2D eigenvalue weighted by Crippen LogP contribution is -2.54. The molecule has 3 aromatic carbocycles. The summed E-state index contributed by atoms with van der Waals surface area (Å²) in [6, 6.07) is 11.4. The van der Waals surface area contributed by atoms with Crippen molar-refractivity contribution in [2.24, 2.45) is 0 Å². The summed E-state index contributed by atoms with van der Waals surface area (Å²) in [6.07, 6.45) is -13.3. The number of anilines is 1. The van der Waals surface area contributed by atoms with Gasteiger partial charge in [-0.15, -0.1) is 0 Å². The molecule has 16 heteroatoms. The molecule has 2 atom stereocenters. The highest BCUT2D eigenvalue weighted by molar-refractivity contribution is 7.92. The molecule has 2 aliphatic rings. The van der Waals surface area contributed by atoms with Gasteiger partial charge in [0.15, 0.2) is 0 Å². The standard InChI is InChI=1S/C34H35F7N2O6S/c35-27-6-9-30(10-7-27)50(47,48)43-28(8-4-24-17-26(5-11-31(24)43)32(46,33(36,37)38)34(39,40)41)19-29(45)18-25(21-44)23-3-1-2-22(16-23)20-42-12-14-49-15-13-42/h1-3,5-7,9-11,16-17,25,28,44,46H,4,8,12-15,18-21H2/t25-,28-/m0/s1. The van der Waals surface area contributed by atoms with Gasteiger partial charge in [-0.1, -0.05) is 36.4 Å². The van der Waals surface area contributed by atoms with Crippen LogP contribution in [0.25, 0.3) is 0 Å². The molecule has 3 aromatic rings. The minimum Gasteiger partial charge on any atom is -0.396 e. The smallest absolute Gasteiger partial charge is 0.396 e. The summed E-state index contributed by atoms with van der Waals surface area (Å²) in [7, 11) is -4.65. The van der Waals surface area contributed by atoms with Gasteiger partial charge in [-0.2, -0.15) is 26.3 Å². The zero-order valence-corrected chi connectivity index (χ0v) is 27.4. The van der Waals surface area contributed by atoms with Gasteiger partial charge >= 0.3 is 12.4 Å². The molecule has 1 saturated heterocycles. The van der Waals surface area contributed by atoms with E-state index in [-0.39, 0.29) is 30.5 Å². The first-order valence-electron chi connectivity index (χ1n) is 15.8. The number of hydrogen-bond acceptors (Lipinski definition) is 7. The van der Waals surface area contributed by atoms with Crippen molar-refractivity contribution in [3.8, 4) is 0 Å². The van der Waals surface area contributed by atoms with Crippen LogP contribution in [0.2, 0.25) is 0 Å². The number of fused-ring (bicyclic) bond motifs is 1. The molecule has 0 unspecified atom stereocenters. The van der Waals surface area contributed by atoms with Crippen molar-refractivity contribution in [3.63, 3.8) is 0 Å². The molecule has 2 aliphatic heterocycles. The normalized spacial score (nSPS) is 18.5. The average molecular weight is 733 g/mol. The first-order chi connectivity index (χ1) is 23.5. The number of aryl methyl sites for hydroxylation is 1. The molecule has 5 rings (SSSR count). The van der Waals surface area contributed by atoms with Crippen LogP contribution in [0.4, 0.5) is 36.4 Å².